The zero-order valence-electron chi connectivity index (χ0n) is 18.6. The van der Waals surface area contributed by atoms with Gasteiger partial charge in [-0.1, -0.05) is 32.0 Å². The molecule has 1 fully saturated rings. The highest BCUT2D eigenvalue weighted by atomic mass is 32.2. The van der Waals surface area contributed by atoms with Gasteiger partial charge in [-0.25, -0.2) is 8.42 Å². The quantitative estimate of drug-likeness (QED) is 0.608. The molecule has 8 heteroatoms. The van der Waals surface area contributed by atoms with Gasteiger partial charge >= 0.3 is 0 Å². The third kappa shape index (κ3) is 5.72. The van der Waals surface area contributed by atoms with Gasteiger partial charge < -0.3 is 4.90 Å². The molecule has 1 aromatic carbocycles. The fourth-order valence-electron chi connectivity index (χ4n) is 3.94. The van der Waals surface area contributed by atoms with E-state index in [1.807, 2.05) is 24.3 Å². The number of carbonyl (C=O) groups excluding carboxylic acids is 1. The molecule has 32 heavy (non-hydrogen) atoms. The predicted molar refractivity (Wildman–Crippen MR) is 122 cm³/mol. The molecule has 0 unspecified atom stereocenters. The van der Waals surface area contributed by atoms with Crippen LogP contribution in [0.4, 0.5) is 0 Å². The molecule has 2 aromatic rings. The van der Waals surface area contributed by atoms with Crippen LogP contribution < -0.4 is 0 Å². The van der Waals surface area contributed by atoms with Crippen LogP contribution in [0.25, 0.3) is 0 Å². The largest absolute Gasteiger partial charge is 0.337 e. The molecule has 0 saturated carbocycles. The SMILES string of the molecule is CC(C)c1ccc(S(=O)(=O)N2CCC(C(=O)N(CCC#N)Cc3cccnc3)CC2)cc1. The van der Waals surface area contributed by atoms with Gasteiger partial charge in [0, 0.05) is 44.5 Å². The second-order valence-corrected chi connectivity index (χ2v) is 10.4. The molecule has 1 aliphatic heterocycles. The van der Waals surface area contributed by atoms with Crippen LogP contribution in [0.1, 0.15) is 50.2 Å². The average molecular weight is 455 g/mol. The van der Waals surface area contributed by atoms with Gasteiger partial charge in [0.15, 0.2) is 0 Å². The maximum Gasteiger partial charge on any atom is 0.243 e. The summed E-state index contributed by atoms with van der Waals surface area (Å²) >= 11 is 0. The summed E-state index contributed by atoms with van der Waals surface area (Å²) in [7, 11) is -3.58. The Labute approximate surface area is 190 Å². The molecule has 1 amide bonds. The van der Waals surface area contributed by atoms with E-state index in [-0.39, 0.29) is 18.2 Å². The maximum absolute atomic E-state index is 13.2. The van der Waals surface area contributed by atoms with Gasteiger partial charge in [0.25, 0.3) is 0 Å². The van der Waals surface area contributed by atoms with Gasteiger partial charge in [-0.3, -0.25) is 9.78 Å². The molecule has 7 nitrogen and oxygen atoms in total. The second-order valence-electron chi connectivity index (χ2n) is 8.43. The Hall–Kier alpha value is -2.76. The van der Waals surface area contributed by atoms with Gasteiger partial charge in [-0.2, -0.15) is 9.57 Å². The summed E-state index contributed by atoms with van der Waals surface area (Å²) in [6.07, 6.45) is 4.59. The number of hydrogen-bond acceptors (Lipinski definition) is 5. The van der Waals surface area contributed by atoms with E-state index in [9.17, 15) is 13.2 Å². The highest BCUT2D eigenvalue weighted by molar-refractivity contribution is 7.89. The second kappa shape index (κ2) is 10.7. The van der Waals surface area contributed by atoms with E-state index in [0.29, 0.717) is 49.8 Å². The predicted octanol–water partition coefficient (Wildman–Crippen LogP) is 3.55. The minimum Gasteiger partial charge on any atom is -0.337 e. The fraction of sp³-hybridized carbons (Fsp3) is 0.458. The monoisotopic (exact) mass is 454 g/mol. The molecule has 0 atom stereocenters. The first kappa shape index (κ1) is 23.9. The van der Waals surface area contributed by atoms with Crippen molar-refractivity contribution in [1.82, 2.24) is 14.2 Å². The van der Waals surface area contributed by atoms with Crippen molar-refractivity contribution < 1.29 is 13.2 Å². The first-order valence-electron chi connectivity index (χ1n) is 11.0. The average Bonchev–Trinajstić information content (AvgIpc) is 2.82. The fourth-order valence-corrected chi connectivity index (χ4v) is 5.41. The molecule has 0 aliphatic carbocycles. The van der Waals surface area contributed by atoms with Crippen molar-refractivity contribution in [3.8, 4) is 6.07 Å². The van der Waals surface area contributed by atoms with E-state index >= 15 is 0 Å². The summed E-state index contributed by atoms with van der Waals surface area (Å²) < 4.78 is 27.6. The molecule has 0 bridgehead atoms. The van der Waals surface area contributed by atoms with Gasteiger partial charge in [-0.15, -0.1) is 0 Å². The number of piperidine rings is 1. The molecule has 170 valence electrons. The Morgan fingerprint density at radius 1 is 1.22 bits per heavy atom. The molecule has 1 aliphatic rings. The van der Waals surface area contributed by atoms with Crippen LogP contribution in [0.3, 0.4) is 0 Å². The van der Waals surface area contributed by atoms with E-state index in [1.54, 1.807) is 29.4 Å². The molecule has 3 rings (SSSR count). The zero-order chi connectivity index (χ0) is 23.1. The highest BCUT2D eigenvalue weighted by Gasteiger charge is 2.33. The summed E-state index contributed by atoms with van der Waals surface area (Å²) in [5.74, 6) is 0.0618. The summed E-state index contributed by atoms with van der Waals surface area (Å²) in [5, 5.41) is 8.98. The molecule has 0 N–H and O–H groups in total. The number of pyridine rings is 1. The zero-order valence-corrected chi connectivity index (χ0v) is 19.5. The number of amides is 1. The standard InChI is InChI=1S/C24H30N4O3S/c1-19(2)21-6-8-23(9-7-21)32(30,31)28-15-10-22(11-16-28)24(29)27(14-4-12-25)18-20-5-3-13-26-17-20/h3,5-9,13,17,19,22H,4,10-11,14-16,18H2,1-2H3. The Balaban J connectivity index is 1.65. The summed E-state index contributed by atoms with van der Waals surface area (Å²) in [4.78, 5) is 19.2. The van der Waals surface area contributed by atoms with Crippen molar-refractivity contribution in [1.29, 1.82) is 5.26 Å². The Morgan fingerprint density at radius 3 is 2.47 bits per heavy atom. The van der Waals surface area contributed by atoms with E-state index < -0.39 is 10.0 Å². The van der Waals surface area contributed by atoms with Crippen LogP contribution in [0, 0.1) is 17.2 Å². The van der Waals surface area contributed by atoms with E-state index in [0.717, 1.165) is 11.1 Å². The van der Waals surface area contributed by atoms with Gasteiger partial charge in [0.2, 0.25) is 15.9 Å². The molecule has 0 radical (unpaired) electrons. The van der Waals surface area contributed by atoms with Crippen molar-refractivity contribution >= 4 is 15.9 Å². The molecular weight excluding hydrogens is 424 g/mol. The lowest BCUT2D eigenvalue weighted by Gasteiger charge is -2.33. The molecule has 1 aromatic heterocycles. The Morgan fingerprint density at radius 2 is 1.91 bits per heavy atom. The first-order chi connectivity index (χ1) is 15.3. The maximum atomic E-state index is 13.2. The number of benzene rings is 1. The number of sulfonamides is 1. The van der Waals surface area contributed by atoms with E-state index in [2.05, 4.69) is 24.9 Å². The number of nitriles is 1. The van der Waals surface area contributed by atoms with Crippen LogP contribution in [-0.4, -0.2) is 48.1 Å². The van der Waals surface area contributed by atoms with E-state index in [4.69, 9.17) is 5.26 Å². The van der Waals surface area contributed by atoms with Crippen LogP contribution in [0.15, 0.2) is 53.7 Å². The van der Waals surface area contributed by atoms with Crippen molar-refractivity contribution in [2.45, 2.75) is 50.5 Å². The summed E-state index contributed by atoms with van der Waals surface area (Å²) in [6, 6.07) is 12.9. The van der Waals surface area contributed by atoms with Gasteiger partial charge in [-0.05, 0) is 48.1 Å². The Bertz CT molecular complexity index is 1040. The number of carbonyl (C=O) groups is 1. The number of nitrogens with zero attached hydrogens (tertiary/aromatic N) is 4. The molecule has 0 spiro atoms. The smallest absolute Gasteiger partial charge is 0.243 e. The van der Waals surface area contributed by atoms with Crippen LogP contribution in [0.2, 0.25) is 0 Å². The van der Waals surface area contributed by atoms with Crippen LogP contribution >= 0.6 is 0 Å². The van der Waals surface area contributed by atoms with Crippen molar-refractivity contribution in [3.63, 3.8) is 0 Å². The summed E-state index contributed by atoms with van der Waals surface area (Å²) in [6.45, 7) is 5.51. The third-order valence-electron chi connectivity index (χ3n) is 5.89. The van der Waals surface area contributed by atoms with E-state index in [1.165, 1.54) is 4.31 Å². The minimum absolute atomic E-state index is 0.0255. The van der Waals surface area contributed by atoms with Gasteiger partial charge in [0.1, 0.15) is 0 Å². The normalized spacial score (nSPS) is 15.4. The first-order valence-corrected chi connectivity index (χ1v) is 12.4. The van der Waals surface area contributed by atoms with Gasteiger partial charge in [0.05, 0.1) is 17.4 Å². The lowest BCUT2D eigenvalue weighted by atomic mass is 9.96. The number of aromatic nitrogens is 1. The van der Waals surface area contributed by atoms with Crippen LogP contribution in [0.5, 0.6) is 0 Å². The molecule has 2 heterocycles. The Kier molecular flexibility index (Phi) is 7.99. The van der Waals surface area contributed by atoms with Crippen molar-refractivity contribution in [3.05, 3.63) is 59.9 Å². The number of rotatable bonds is 8. The highest BCUT2D eigenvalue weighted by Crippen LogP contribution is 2.26. The number of hydrogen-bond donors (Lipinski definition) is 0. The third-order valence-corrected chi connectivity index (χ3v) is 7.80. The summed E-state index contributed by atoms with van der Waals surface area (Å²) in [5.41, 5.74) is 2.00. The minimum atomic E-state index is -3.58. The lowest BCUT2D eigenvalue weighted by molar-refractivity contribution is -0.137. The van der Waals surface area contributed by atoms with Crippen LogP contribution in [-0.2, 0) is 21.4 Å². The molecule has 1 saturated heterocycles. The lowest BCUT2D eigenvalue weighted by Crippen LogP contribution is -2.44. The van der Waals surface area contributed by atoms with Crippen molar-refractivity contribution in [2.24, 2.45) is 5.92 Å². The molecular formula is C24H30N4O3S. The topological polar surface area (TPSA) is 94.4 Å². The van der Waals surface area contributed by atoms with Crippen molar-refractivity contribution in [2.75, 3.05) is 19.6 Å².